The first-order chi connectivity index (χ1) is 32.5. The number of hydrogen-bond acceptors (Lipinski definition) is 12. The molecule has 5 aromatic carbocycles. The molecule has 1 aromatic heterocycles. The standard InChI is InChI=1S/C54H69N4O8S/c1-9-58(6,7)36-42-33-43(14-12-41(42)37-65-29-28-63-25-24-61-21-20-59)54(44-15-19-51(50(35-44)57(4)5)66-31-30-64-27-26-62-23-22-60-8)48-32-38(2)10-16-46(48)47-18-13-40(34-49(47)54)45-17-11-39(3)52-53(45)56-67-55-52/h10-19,32-35,59H,9,20-31,36-37H2,1-8H3/q+1. The molecule has 0 bridgehead atoms. The van der Waals surface area contributed by atoms with Gasteiger partial charge in [-0.15, -0.1) is 0 Å². The van der Waals surface area contributed by atoms with Crippen molar-refractivity contribution in [2.24, 2.45) is 0 Å². The van der Waals surface area contributed by atoms with Gasteiger partial charge in [0, 0.05) is 32.3 Å². The third-order valence-corrected chi connectivity index (χ3v) is 13.2. The number of nitrogens with zero attached hydrogens (tertiary/aromatic N) is 4. The van der Waals surface area contributed by atoms with E-state index in [9.17, 15) is 0 Å². The van der Waals surface area contributed by atoms with Crippen molar-refractivity contribution in [3.8, 4) is 28.0 Å². The van der Waals surface area contributed by atoms with Crippen LogP contribution >= 0.6 is 11.7 Å². The van der Waals surface area contributed by atoms with Gasteiger partial charge in [0.2, 0.25) is 0 Å². The van der Waals surface area contributed by atoms with E-state index in [1.54, 1.807) is 7.11 Å². The SMILES string of the molecule is CC[N+](C)(C)Cc1cc(C2(c3ccc(OCCOCCOCCOC)c(N(C)C)c3)c3cc(C)ccc3-c3ccc(-c4ccc(C)c5nsnc45)cc32)ccc1COCCOCCOCCO. The number of aliphatic hydroxyl groups excluding tert-OH is 1. The Kier molecular flexibility index (Phi) is 17.5. The van der Waals surface area contributed by atoms with Crippen LogP contribution in [-0.4, -0.2) is 139 Å². The topological polar surface area (TPSA) is 114 Å². The molecule has 12 nitrogen and oxygen atoms in total. The third kappa shape index (κ3) is 11.6. The maximum absolute atomic E-state index is 8.99. The number of methoxy groups -OCH3 is 1. The highest BCUT2D eigenvalue weighted by atomic mass is 32.1. The van der Waals surface area contributed by atoms with Crippen LogP contribution in [0.1, 0.15) is 51.4 Å². The lowest BCUT2D eigenvalue weighted by Gasteiger charge is -2.36. The van der Waals surface area contributed by atoms with Gasteiger partial charge in [-0.05, 0) is 95.1 Å². The van der Waals surface area contributed by atoms with Gasteiger partial charge in [-0.25, -0.2) is 0 Å². The number of aryl methyl sites for hydroxylation is 2. The predicted octanol–water partition coefficient (Wildman–Crippen LogP) is 8.60. The summed E-state index contributed by atoms with van der Waals surface area (Å²) >= 11 is 1.26. The van der Waals surface area contributed by atoms with Crippen LogP contribution in [0.15, 0.2) is 84.9 Å². The molecule has 1 aliphatic rings. The first-order valence-corrected chi connectivity index (χ1v) is 24.1. The normalized spacial score (nSPS) is 14.5. The number of hydrogen-bond donors (Lipinski definition) is 1. The molecule has 1 N–H and O–H groups in total. The van der Waals surface area contributed by atoms with Crippen LogP contribution in [-0.2, 0) is 47.0 Å². The fourth-order valence-electron chi connectivity index (χ4n) is 8.92. The van der Waals surface area contributed by atoms with Gasteiger partial charge >= 0.3 is 0 Å². The minimum atomic E-state index is -0.727. The summed E-state index contributed by atoms with van der Waals surface area (Å²) in [6.07, 6.45) is 0. The van der Waals surface area contributed by atoms with E-state index in [2.05, 4.69) is 139 Å². The van der Waals surface area contributed by atoms with Gasteiger partial charge in [0.05, 0.1) is 123 Å². The van der Waals surface area contributed by atoms with E-state index in [-0.39, 0.29) is 6.61 Å². The highest BCUT2D eigenvalue weighted by Gasteiger charge is 2.47. The fraction of sp³-hybridized carbons (Fsp3) is 0.444. The quantitative estimate of drug-likeness (QED) is 0.0395. The Morgan fingerprint density at radius 3 is 1.94 bits per heavy atom. The van der Waals surface area contributed by atoms with Crippen molar-refractivity contribution in [3.05, 3.63) is 129 Å². The summed E-state index contributed by atoms with van der Waals surface area (Å²) < 4.78 is 50.7. The van der Waals surface area contributed by atoms with Crippen molar-refractivity contribution in [1.82, 2.24) is 8.75 Å². The summed E-state index contributed by atoms with van der Waals surface area (Å²) in [5.41, 5.74) is 16.2. The Labute approximate surface area is 401 Å². The molecular formula is C54H69N4O8S+. The maximum atomic E-state index is 8.99. The van der Waals surface area contributed by atoms with Gasteiger partial charge in [0.25, 0.3) is 0 Å². The molecule has 6 aromatic rings. The Hall–Kier alpha value is -4.80. The van der Waals surface area contributed by atoms with Crippen molar-refractivity contribution < 1.29 is 42.7 Å². The lowest BCUT2D eigenvalue weighted by atomic mass is 9.66. The number of benzene rings is 5. The van der Waals surface area contributed by atoms with E-state index in [1.165, 1.54) is 50.7 Å². The monoisotopic (exact) mass is 933 g/mol. The van der Waals surface area contributed by atoms with Gasteiger partial charge in [-0.2, -0.15) is 8.75 Å². The summed E-state index contributed by atoms with van der Waals surface area (Å²) in [5, 5.41) is 8.99. The molecule has 7 rings (SSSR count). The molecule has 1 heterocycles. The summed E-state index contributed by atoms with van der Waals surface area (Å²) in [5.74, 6) is 0.787. The van der Waals surface area contributed by atoms with Crippen molar-refractivity contribution in [2.45, 2.75) is 39.3 Å². The second-order valence-corrected chi connectivity index (χ2v) is 18.5. The van der Waals surface area contributed by atoms with Crippen LogP contribution in [0.25, 0.3) is 33.3 Å². The second kappa shape index (κ2) is 23.5. The van der Waals surface area contributed by atoms with Crippen LogP contribution in [0.5, 0.6) is 5.75 Å². The molecule has 0 amide bonds. The summed E-state index contributed by atoms with van der Waals surface area (Å²) in [6, 6.07) is 32.0. The van der Waals surface area contributed by atoms with E-state index in [0.717, 1.165) is 67.9 Å². The van der Waals surface area contributed by atoms with Crippen LogP contribution in [0.2, 0.25) is 0 Å². The second-order valence-electron chi connectivity index (χ2n) is 18.0. The van der Waals surface area contributed by atoms with E-state index in [1.807, 2.05) is 0 Å². The zero-order chi connectivity index (χ0) is 47.4. The van der Waals surface area contributed by atoms with Crippen molar-refractivity contribution in [3.63, 3.8) is 0 Å². The third-order valence-electron chi connectivity index (χ3n) is 12.7. The number of fused-ring (bicyclic) bond motifs is 4. The molecule has 1 aliphatic carbocycles. The van der Waals surface area contributed by atoms with Gasteiger partial charge in [-0.1, -0.05) is 66.2 Å². The molecular weight excluding hydrogens is 865 g/mol. The Balaban J connectivity index is 1.35. The molecule has 67 heavy (non-hydrogen) atoms. The number of quaternary nitrogens is 1. The van der Waals surface area contributed by atoms with Crippen molar-refractivity contribution in [2.75, 3.05) is 126 Å². The molecule has 0 aliphatic heterocycles. The van der Waals surface area contributed by atoms with Crippen molar-refractivity contribution in [1.29, 1.82) is 0 Å². The van der Waals surface area contributed by atoms with Crippen LogP contribution in [0.3, 0.4) is 0 Å². The van der Waals surface area contributed by atoms with Gasteiger partial charge in [0.15, 0.2) is 0 Å². The summed E-state index contributed by atoms with van der Waals surface area (Å²) in [6.45, 7) is 13.8. The van der Waals surface area contributed by atoms with Gasteiger partial charge in [-0.3, -0.25) is 0 Å². The van der Waals surface area contributed by atoms with Gasteiger partial charge in [0.1, 0.15) is 29.9 Å². The van der Waals surface area contributed by atoms with E-state index in [4.69, 9.17) is 47.0 Å². The predicted molar refractivity (Wildman–Crippen MR) is 268 cm³/mol. The number of aliphatic hydroxyl groups is 1. The summed E-state index contributed by atoms with van der Waals surface area (Å²) in [7, 11) is 10.4. The van der Waals surface area contributed by atoms with E-state index >= 15 is 0 Å². The van der Waals surface area contributed by atoms with Crippen LogP contribution < -0.4 is 9.64 Å². The van der Waals surface area contributed by atoms with E-state index in [0.29, 0.717) is 79.3 Å². The molecule has 1 atom stereocenters. The average Bonchev–Trinajstić information content (AvgIpc) is 3.93. The molecule has 0 saturated heterocycles. The van der Waals surface area contributed by atoms with Crippen molar-refractivity contribution >= 4 is 28.4 Å². The zero-order valence-corrected chi connectivity index (χ0v) is 41.5. The average molecular weight is 934 g/mol. The minimum Gasteiger partial charge on any atom is -0.489 e. The molecule has 0 spiro atoms. The number of ether oxygens (including phenoxy) is 7. The Bertz CT molecular complexity index is 2560. The maximum Gasteiger partial charge on any atom is 0.142 e. The molecule has 0 radical (unpaired) electrons. The highest BCUT2D eigenvalue weighted by molar-refractivity contribution is 7.00. The number of anilines is 1. The molecule has 13 heteroatoms. The molecule has 0 saturated carbocycles. The van der Waals surface area contributed by atoms with Gasteiger partial charge < -0.3 is 47.6 Å². The van der Waals surface area contributed by atoms with E-state index < -0.39 is 5.41 Å². The zero-order valence-electron chi connectivity index (χ0n) is 40.7. The number of aromatic nitrogens is 2. The first kappa shape index (κ1) is 50.1. The highest BCUT2D eigenvalue weighted by Crippen LogP contribution is 2.58. The molecule has 358 valence electrons. The smallest absolute Gasteiger partial charge is 0.142 e. The Morgan fingerprint density at radius 2 is 1.24 bits per heavy atom. The molecule has 1 unspecified atom stereocenters. The first-order valence-electron chi connectivity index (χ1n) is 23.4. The fourth-order valence-corrected chi connectivity index (χ4v) is 9.54. The van der Waals surface area contributed by atoms with Crippen LogP contribution in [0.4, 0.5) is 5.69 Å². The number of rotatable bonds is 27. The minimum absolute atomic E-state index is 0.00298. The lowest BCUT2D eigenvalue weighted by Crippen LogP contribution is -2.38. The Morgan fingerprint density at radius 1 is 0.627 bits per heavy atom. The largest absolute Gasteiger partial charge is 0.489 e. The van der Waals surface area contributed by atoms with Crippen LogP contribution in [0, 0.1) is 13.8 Å². The lowest BCUT2D eigenvalue weighted by molar-refractivity contribution is -0.901. The molecule has 0 fully saturated rings. The summed E-state index contributed by atoms with van der Waals surface area (Å²) in [4.78, 5) is 2.14.